The van der Waals surface area contributed by atoms with Gasteiger partial charge in [0.2, 0.25) is 0 Å². The Morgan fingerprint density at radius 3 is 2.64 bits per heavy atom. The highest BCUT2D eigenvalue weighted by atomic mass is 16.6. The summed E-state index contributed by atoms with van der Waals surface area (Å²) in [5.74, 6) is 0.787. The molecule has 0 saturated carbocycles. The van der Waals surface area contributed by atoms with Crippen LogP contribution in [0.25, 0.3) is 0 Å². The number of nitro groups is 1. The maximum Gasteiger partial charge on any atom is 0.285 e. The fraction of sp³-hybridized carbons (Fsp3) is 0.312. The molecule has 2 rings (SSSR count). The van der Waals surface area contributed by atoms with Gasteiger partial charge >= 0.3 is 0 Å². The summed E-state index contributed by atoms with van der Waals surface area (Å²) in [4.78, 5) is 21.8. The van der Waals surface area contributed by atoms with Crippen molar-refractivity contribution in [2.45, 2.75) is 26.8 Å². The van der Waals surface area contributed by atoms with E-state index in [9.17, 15) is 14.9 Å². The van der Waals surface area contributed by atoms with E-state index in [1.807, 2.05) is 32.0 Å². The molecule has 1 aromatic heterocycles. The zero-order valence-electron chi connectivity index (χ0n) is 12.6. The highest BCUT2D eigenvalue weighted by Gasteiger charge is 2.07. The fourth-order valence-electron chi connectivity index (χ4n) is 2.03. The van der Waals surface area contributed by atoms with Gasteiger partial charge in [-0.3, -0.25) is 14.9 Å². The number of hydrogen-bond donors (Lipinski definition) is 0. The SMILES string of the molecule is Cc1ccc(OCCCn2cc([N+](=O)[O-])ccc2=O)cc1C. The summed E-state index contributed by atoms with van der Waals surface area (Å²) in [6.07, 6.45) is 1.85. The van der Waals surface area contributed by atoms with Crippen molar-refractivity contribution >= 4 is 5.69 Å². The van der Waals surface area contributed by atoms with E-state index in [1.54, 1.807) is 0 Å². The van der Waals surface area contributed by atoms with E-state index < -0.39 is 4.92 Å². The summed E-state index contributed by atoms with van der Waals surface area (Å²) >= 11 is 0. The van der Waals surface area contributed by atoms with Crippen molar-refractivity contribution in [3.8, 4) is 5.75 Å². The standard InChI is InChI=1S/C16H18N2O4/c1-12-4-6-15(10-13(12)2)22-9-3-8-17-11-14(18(20)21)5-7-16(17)19/h4-7,10-11H,3,8-9H2,1-2H3. The van der Waals surface area contributed by atoms with E-state index in [1.165, 1.54) is 28.5 Å². The van der Waals surface area contributed by atoms with Gasteiger partial charge in [-0.05, 0) is 43.5 Å². The third-order valence-electron chi connectivity index (χ3n) is 3.47. The molecule has 0 aliphatic heterocycles. The molecule has 0 spiro atoms. The second-order valence-corrected chi connectivity index (χ2v) is 5.12. The fourth-order valence-corrected chi connectivity index (χ4v) is 2.03. The van der Waals surface area contributed by atoms with E-state index >= 15 is 0 Å². The first-order valence-electron chi connectivity index (χ1n) is 7.02. The Balaban J connectivity index is 1.91. The minimum atomic E-state index is -0.512. The Bertz CT molecular complexity index is 737. The van der Waals surface area contributed by atoms with Gasteiger partial charge < -0.3 is 9.30 Å². The molecule has 0 N–H and O–H groups in total. The lowest BCUT2D eigenvalue weighted by Crippen LogP contribution is -2.20. The van der Waals surface area contributed by atoms with Crippen LogP contribution in [0.4, 0.5) is 5.69 Å². The molecule has 0 radical (unpaired) electrons. The number of hydrogen-bond acceptors (Lipinski definition) is 4. The zero-order valence-corrected chi connectivity index (χ0v) is 12.6. The summed E-state index contributed by atoms with van der Waals surface area (Å²) in [5, 5.41) is 10.7. The maximum absolute atomic E-state index is 11.6. The molecule has 0 fully saturated rings. The third-order valence-corrected chi connectivity index (χ3v) is 3.47. The van der Waals surface area contributed by atoms with E-state index in [0.717, 1.165) is 11.3 Å². The van der Waals surface area contributed by atoms with Crippen LogP contribution in [0.1, 0.15) is 17.5 Å². The topological polar surface area (TPSA) is 74.4 Å². The van der Waals surface area contributed by atoms with Crippen molar-refractivity contribution in [2.75, 3.05) is 6.61 Å². The highest BCUT2D eigenvalue weighted by molar-refractivity contribution is 5.33. The van der Waals surface area contributed by atoms with Gasteiger partial charge in [0.1, 0.15) is 5.75 Å². The Hall–Kier alpha value is -2.63. The largest absolute Gasteiger partial charge is 0.494 e. The number of ether oxygens (including phenoxy) is 1. The normalized spacial score (nSPS) is 10.5. The Labute approximate surface area is 128 Å². The van der Waals surface area contributed by atoms with E-state index in [2.05, 4.69) is 0 Å². The number of aryl methyl sites for hydroxylation is 3. The van der Waals surface area contributed by atoms with Crippen LogP contribution in [0.3, 0.4) is 0 Å². The molecule has 0 saturated heterocycles. The Morgan fingerprint density at radius 2 is 1.95 bits per heavy atom. The molecule has 0 aliphatic carbocycles. The van der Waals surface area contributed by atoms with Crippen LogP contribution in [0.2, 0.25) is 0 Å². The van der Waals surface area contributed by atoms with Crippen molar-refractivity contribution < 1.29 is 9.66 Å². The molecule has 6 heteroatoms. The number of aromatic nitrogens is 1. The lowest BCUT2D eigenvalue weighted by atomic mass is 10.1. The van der Waals surface area contributed by atoms with Crippen LogP contribution in [0, 0.1) is 24.0 Å². The molecule has 22 heavy (non-hydrogen) atoms. The molecule has 0 aliphatic rings. The van der Waals surface area contributed by atoms with Crippen LogP contribution in [-0.2, 0) is 6.54 Å². The van der Waals surface area contributed by atoms with Gasteiger partial charge in [0.25, 0.3) is 11.2 Å². The molecule has 6 nitrogen and oxygen atoms in total. The van der Waals surface area contributed by atoms with Gasteiger partial charge in [0, 0.05) is 18.7 Å². The molecule has 1 heterocycles. The van der Waals surface area contributed by atoms with Crippen LogP contribution < -0.4 is 10.3 Å². The first-order valence-corrected chi connectivity index (χ1v) is 7.02. The molecule has 0 atom stereocenters. The van der Waals surface area contributed by atoms with E-state index in [0.29, 0.717) is 19.6 Å². The van der Waals surface area contributed by atoms with Gasteiger partial charge in [-0.2, -0.15) is 0 Å². The highest BCUT2D eigenvalue weighted by Crippen LogP contribution is 2.16. The first-order chi connectivity index (χ1) is 10.5. The predicted octanol–water partition coefficient (Wildman–Crippen LogP) is 2.84. The second kappa shape index (κ2) is 6.89. The molecular weight excluding hydrogens is 284 g/mol. The van der Waals surface area contributed by atoms with E-state index in [-0.39, 0.29) is 11.2 Å². The quantitative estimate of drug-likeness (QED) is 0.467. The molecule has 0 bridgehead atoms. The zero-order chi connectivity index (χ0) is 16.1. The third kappa shape index (κ3) is 3.94. The monoisotopic (exact) mass is 302 g/mol. The van der Waals surface area contributed by atoms with Crippen molar-refractivity contribution in [3.63, 3.8) is 0 Å². The molecule has 0 unspecified atom stereocenters. The Kier molecular flexibility index (Phi) is 4.93. The lowest BCUT2D eigenvalue weighted by molar-refractivity contribution is -0.385. The van der Waals surface area contributed by atoms with Crippen molar-refractivity contribution in [1.82, 2.24) is 4.57 Å². The molecule has 2 aromatic rings. The minimum absolute atomic E-state index is 0.0883. The smallest absolute Gasteiger partial charge is 0.285 e. The van der Waals surface area contributed by atoms with Gasteiger partial charge in [-0.25, -0.2) is 0 Å². The van der Waals surface area contributed by atoms with Gasteiger partial charge in [-0.15, -0.1) is 0 Å². The van der Waals surface area contributed by atoms with Crippen molar-refractivity contribution in [1.29, 1.82) is 0 Å². The number of rotatable bonds is 6. The number of benzene rings is 1. The molecule has 0 amide bonds. The van der Waals surface area contributed by atoms with Crippen LogP contribution >= 0.6 is 0 Å². The summed E-state index contributed by atoms with van der Waals surface area (Å²) in [5.41, 5.74) is 2.02. The van der Waals surface area contributed by atoms with Crippen LogP contribution in [0.15, 0.2) is 41.3 Å². The number of pyridine rings is 1. The average molecular weight is 302 g/mol. The van der Waals surface area contributed by atoms with Gasteiger partial charge in [-0.1, -0.05) is 6.07 Å². The maximum atomic E-state index is 11.6. The summed E-state index contributed by atoms with van der Waals surface area (Å²) in [7, 11) is 0. The van der Waals surface area contributed by atoms with Crippen molar-refractivity contribution in [2.24, 2.45) is 0 Å². The second-order valence-electron chi connectivity index (χ2n) is 5.12. The van der Waals surface area contributed by atoms with E-state index in [4.69, 9.17) is 4.74 Å². The Morgan fingerprint density at radius 1 is 1.18 bits per heavy atom. The van der Waals surface area contributed by atoms with Crippen LogP contribution in [-0.4, -0.2) is 16.1 Å². The average Bonchev–Trinajstić information content (AvgIpc) is 2.48. The lowest BCUT2D eigenvalue weighted by Gasteiger charge is -2.09. The first kappa shape index (κ1) is 15.8. The van der Waals surface area contributed by atoms with Gasteiger partial charge in [0.05, 0.1) is 17.7 Å². The summed E-state index contributed by atoms with van der Waals surface area (Å²) < 4.78 is 6.97. The van der Waals surface area contributed by atoms with Crippen LogP contribution in [0.5, 0.6) is 5.75 Å². The summed E-state index contributed by atoms with van der Waals surface area (Å²) in [6.45, 7) is 4.88. The molecular formula is C16H18N2O4. The molecule has 116 valence electrons. The summed E-state index contributed by atoms with van der Waals surface area (Å²) in [6, 6.07) is 8.29. The number of nitrogens with zero attached hydrogens (tertiary/aromatic N) is 2. The molecule has 1 aromatic carbocycles. The predicted molar refractivity (Wildman–Crippen MR) is 83.4 cm³/mol. The minimum Gasteiger partial charge on any atom is -0.494 e. The van der Waals surface area contributed by atoms with Crippen molar-refractivity contribution in [3.05, 3.63) is 68.1 Å². The van der Waals surface area contributed by atoms with Gasteiger partial charge in [0.15, 0.2) is 0 Å².